The number of hydrogen-bond donors (Lipinski definition) is 0. The number of rotatable bonds is 2. The highest BCUT2D eigenvalue weighted by Crippen LogP contribution is 2.16. The van der Waals surface area contributed by atoms with Crippen LogP contribution in [0.3, 0.4) is 0 Å². The number of likely N-dealkylation sites (tertiary alicyclic amines) is 1. The lowest BCUT2D eigenvalue weighted by atomic mass is 9.99. The molecule has 0 atom stereocenters. The molecule has 0 aromatic carbocycles. The Hall–Kier alpha value is -0.960. The third-order valence-corrected chi connectivity index (χ3v) is 3.09. The van der Waals surface area contributed by atoms with Crippen LogP contribution in [0.2, 0.25) is 0 Å². The van der Waals surface area contributed by atoms with Crippen molar-refractivity contribution >= 4 is 0 Å². The van der Waals surface area contributed by atoms with Gasteiger partial charge in [-0.3, -0.25) is 4.90 Å². The van der Waals surface area contributed by atoms with Gasteiger partial charge in [0.15, 0.2) is 0 Å². The highest BCUT2D eigenvalue weighted by Gasteiger charge is 2.16. The lowest BCUT2D eigenvalue weighted by Gasteiger charge is -2.29. The molecule has 0 N–H and O–H groups in total. The summed E-state index contributed by atoms with van der Waals surface area (Å²) in [5, 5.41) is 0. The van der Waals surface area contributed by atoms with E-state index in [1.54, 1.807) is 0 Å². The molecule has 82 valence electrons. The highest BCUT2D eigenvalue weighted by atomic mass is 15.1. The van der Waals surface area contributed by atoms with Gasteiger partial charge >= 0.3 is 0 Å². The van der Waals surface area contributed by atoms with E-state index in [-0.39, 0.29) is 0 Å². The van der Waals surface area contributed by atoms with Gasteiger partial charge < -0.3 is 0 Å². The van der Waals surface area contributed by atoms with Crippen LogP contribution in [-0.2, 0) is 6.54 Å². The summed E-state index contributed by atoms with van der Waals surface area (Å²) in [5.41, 5.74) is 1.06. The zero-order valence-electron chi connectivity index (χ0n) is 9.61. The summed E-state index contributed by atoms with van der Waals surface area (Å²) in [7, 11) is 0. The molecule has 1 saturated heterocycles. The SMILES string of the molecule is Cc1ccnc(CN2CCC(C)CC2)n1. The number of aryl methyl sites for hydroxylation is 1. The molecule has 0 amide bonds. The van der Waals surface area contributed by atoms with E-state index in [0.29, 0.717) is 0 Å². The molecule has 1 aromatic rings. The topological polar surface area (TPSA) is 29.0 Å². The first-order valence-corrected chi connectivity index (χ1v) is 5.75. The van der Waals surface area contributed by atoms with Gasteiger partial charge in [0.25, 0.3) is 0 Å². The summed E-state index contributed by atoms with van der Waals surface area (Å²) < 4.78 is 0. The summed E-state index contributed by atoms with van der Waals surface area (Å²) in [6.07, 6.45) is 4.47. The van der Waals surface area contributed by atoms with Gasteiger partial charge in [0, 0.05) is 11.9 Å². The van der Waals surface area contributed by atoms with Crippen LogP contribution in [0, 0.1) is 12.8 Å². The molecule has 1 aliphatic rings. The number of hydrogen-bond acceptors (Lipinski definition) is 3. The largest absolute Gasteiger partial charge is 0.296 e. The highest BCUT2D eigenvalue weighted by molar-refractivity contribution is 4.99. The van der Waals surface area contributed by atoms with E-state index in [4.69, 9.17) is 0 Å². The second-order valence-electron chi connectivity index (χ2n) is 4.57. The zero-order chi connectivity index (χ0) is 10.7. The molecule has 0 unspecified atom stereocenters. The van der Waals surface area contributed by atoms with E-state index < -0.39 is 0 Å². The van der Waals surface area contributed by atoms with E-state index in [1.165, 1.54) is 25.9 Å². The van der Waals surface area contributed by atoms with Gasteiger partial charge in [-0.25, -0.2) is 9.97 Å². The average Bonchev–Trinajstić information content (AvgIpc) is 2.22. The Balaban J connectivity index is 1.92. The standard InChI is InChI=1S/C12H19N3/c1-10-4-7-15(8-5-10)9-12-13-6-3-11(2)14-12/h3,6,10H,4-5,7-9H2,1-2H3. The molecular weight excluding hydrogens is 186 g/mol. The number of piperidine rings is 1. The molecule has 15 heavy (non-hydrogen) atoms. The number of nitrogens with zero attached hydrogens (tertiary/aromatic N) is 3. The third kappa shape index (κ3) is 2.99. The van der Waals surface area contributed by atoms with Crippen LogP contribution in [0.15, 0.2) is 12.3 Å². The first-order chi connectivity index (χ1) is 7.24. The fourth-order valence-corrected chi connectivity index (χ4v) is 2.00. The fraction of sp³-hybridized carbons (Fsp3) is 0.667. The predicted octanol–water partition coefficient (Wildman–Crippen LogP) is 2.02. The quantitative estimate of drug-likeness (QED) is 0.739. The molecule has 3 heteroatoms. The summed E-state index contributed by atoms with van der Waals surface area (Å²) in [5.74, 6) is 1.85. The predicted molar refractivity (Wildman–Crippen MR) is 60.4 cm³/mol. The van der Waals surface area contributed by atoms with Crippen LogP contribution in [0.1, 0.15) is 31.3 Å². The van der Waals surface area contributed by atoms with Crippen LogP contribution in [0.25, 0.3) is 0 Å². The molecule has 3 nitrogen and oxygen atoms in total. The Bertz CT molecular complexity index is 316. The molecule has 1 aliphatic heterocycles. The molecule has 0 aliphatic carbocycles. The Morgan fingerprint density at radius 2 is 2.13 bits per heavy atom. The summed E-state index contributed by atoms with van der Waals surface area (Å²) >= 11 is 0. The summed E-state index contributed by atoms with van der Waals surface area (Å²) in [6, 6.07) is 1.95. The van der Waals surface area contributed by atoms with E-state index in [1.807, 2.05) is 19.2 Å². The maximum Gasteiger partial charge on any atom is 0.142 e. The van der Waals surface area contributed by atoms with Crippen molar-refractivity contribution < 1.29 is 0 Å². The first kappa shape index (κ1) is 10.6. The summed E-state index contributed by atoms with van der Waals surface area (Å²) in [6.45, 7) is 7.65. The van der Waals surface area contributed by atoms with Gasteiger partial charge in [0.1, 0.15) is 5.82 Å². The van der Waals surface area contributed by atoms with Crippen molar-refractivity contribution in [2.45, 2.75) is 33.2 Å². The van der Waals surface area contributed by atoms with Gasteiger partial charge in [-0.1, -0.05) is 6.92 Å². The molecule has 1 fully saturated rings. The Labute approximate surface area is 91.5 Å². The van der Waals surface area contributed by atoms with E-state index >= 15 is 0 Å². The van der Waals surface area contributed by atoms with Crippen molar-refractivity contribution in [2.24, 2.45) is 5.92 Å². The van der Waals surface area contributed by atoms with Crippen LogP contribution in [0.4, 0.5) is 0 Å². The third-order valence-electron chi connectivity index (χ3n) is 3.09. The smallest absolute Gasteiger partial charge is 0.142 e. The van der Waals surface area contributed by atoms with Crippen LogP contribution in [0.5, 0.6) is 0 Å². The maximum absolute atomic E-state index is 4.43. The van der Waals surface area contributed by atoms with Crippen LogP contribution < -0.4 is 0 Å². The summed E-state index contributed by atoms with van der Waals surface area (Å²) in [4.78, 5) is 11.2. The Morgan fingerprint density at radius 3 is 2.80 bits per heavy atom. The number of aromatic nitrogens is 2. The van der Waals surface area contributed by atoms with Gasteiger partial charge in [-0.05, 0) is 44.8 Å². The van der Waals surface area contributed by atoms with Crippen molar-refractivity contribution in [3.8, 4) is 0 Å². The molecule has 0 radical (unpaired) electrons. The van der Waals surface area contributed by atoms with Crippen molar-refractivity contribution in [3.63, 3.8) is 0 Å². The minimum absolute atomic E-state index is 0.889. The van der Waals surface area contributed by atoms with Crippen LogP contribution >= 0.6 is 0 Å². The second kappa shape index (κ2) is 4.71. The van der Waals surface area contributed by atoms with Crippen LogP contribution in [-0.4, -0.2) is 28.0 Å². The molecule has 0 bridgehead atoms. The minimum Gasteiger partial charge on any atom is -0.296 e. The van der Waals surface area contributed by atoms with Gasteiger partial charge in [0.2, 0.25) is 0 Å². The minimum atomic E-state index is 0.889. The maximum atomic E-state index is 4.43. The molecule has 2 heterocycles. The molecule has 2 rings (SSSR count). The normalized spacial score (nSPS) is 19.3. The first-order valence-electron chi connectivity index (χ1n) is 5.75. The fourth-order valence-electron chi connectivity index (χ4n) is 2.00. The van der Waals surface area contributed by atoms with Gasteiger partial charge in [0.05, 0.1) is 6.54 Å². The van der Waals surface area contributed by atoms with Crippen molar-refractivity contribution in [2.75, 3.05) is 13.1 Å². The van der Waals surface area contributed by atoms with Gasteiger partial charge in [-0.2, -0.15) is 0 Å². The monoisotopic (exact) mass is 205 g/mol. The zero-order valence-corrected chi connectivity index (χ0v) is 9.61. The van der Waals surface area contributed by atoms with Crippen molar-refractivity contribution in [3.05, 3.63) is 23.8 Å². The Morgan fingerprint density at radius 1 is 1.40 bits per heavy atom. The van der Waals surface area contributed by atoms with E-state index in [0.717, 1.165) is 24.0 Å². The Kier molecular flexibility index (Phi) is 3.31. The second-order valence-corrected chi connectivity index (χ2v) is 4.57. The molecule has 1 aromatic heterocycles. The average molecular weight is 205 g/mol. The molecule has 0 saturated carbocycles. The molecule has 0 spiro atoms. The lowest BCUT2D eigenvalue weighted by molar-refractivity contribution is 0.181. The van der Waals surface area contributed by atoms with E-state index in [9.17, 15) is 0 Å². The van der Waals surface area contributed by atoms with Gasteiger partial charge in [-0.15, -0.1) is 0 Å². The lowest BCUT2D eigenvalue weighted by Crippen LogP contribution is -2.32. The van der Waals surface area contributed by atoms with Crippen molar-refractivity contribution in [1.82, 2.24) is 14.9 Å². The van der Waals surface area contributed by atoms with E-state index in [2.05, 4.69) is 21.8 Å². The molecular formula is C12H19N3. The van der Waals surface area contributed by atoms with Crippen molar-refractivity contribution in [1.29, 1.82) is 0 Å².